The number of piperidine rings is 6. The quantitative estimate of drug-likeness (QED) is 0.0897. The van der Waals surface area contributed by atoms with E-state index >= 15 is 0 Å². The highest BCUT2D eigenvalue weighted by atomic mass is 19.4. The first kappa shape index (κ1) is 96.2. The molecule has 6 fully saturated rings. The molecule has 0 atom stereocenters. The number of anilines is 2. The lowest BCUT2D eigenvalue weighted by molar-refractivity contribution is -0.145. The van der Waals surface area contributed by atoms with Gasteiger partial charge in [0.1, 0.15) is 34.4 Å². The first-order valence-corrected chi connectivity index (χ1v) is 46.1. The van der Waals surface area contributed by atoms with Crippen LogP contribution in [0.2, 0.25) is 0 Å². The highest BCUT2D eigenvalue weighted by Gasteiger charge is 2.53. The average Bonchev–Trinajstić information content (AvgIpc) is 1.64. The van der Waals surface area contributed by atoms with Crippen molar-refractivity contribution in [1.82, 2.24) is 62.5 Å². The molecule has 132 heavy (non-hydrogen) atoms. The summed E-state index contributed by atoms with van der Waals surface area (Å²) in [6, 6.07) is 33.3. The molecule has 6 saturated heterocycles. The molecule has 10 aliphatic rings. The molecule has 35 heteroatoms. The summed E-state index contributed by atoms with van der Waals surface area (Å²) < 4.78 is 178. The third-order valence-electron chi connectivity index (χ3n) is 29.3. The molecule has 15 heterocycles. The van der Waals surface area contributed by atoms with E-state index in [1.54, 1.807) is 65.7 Å². The lowest BCUT2D eigenvalue weighted by Crippen LogP contribution is -2.56. The number of benzene rings is 3. The number of hydrogen-bond acceptors (Lipinski definition) is 15. The number of carbonyl (C=O) groups is 5. The van der Waals surface area contributed by atoms with E-state index in [0.717, 1.165) is 67.5 Å². The number of ether oxygens (including phenoxy) is 2. The summed E-state index contributed by atoms with van der Waals surface area (Å²) in [4.78, 5) is 89.6. The first-order valence-electron chi connectivity index (χ1n) is 46.1. The number of fused-ring (bicyclic) bond motifs is 8. The summed E-state index contributed by atoms with van der Waals surface area (Å²) >= 11 is 0. The Bertz CT molecular complexity index is 5440. The lowest BCUT2D eigenvalue weighted by Gasteiger charge is -2.50. The van der Waals surface area contributed by atoms with Gasteiger partial charge in [0.05, 0.1) is 47.2 Å². The zero-order chi connectivity index (χ0) is 94.4. The maximum atomic E-state index is 13.5. The minimum atomic E-state index is -4.90. The Morgan fingerprint density at radius 1 is 0.402 bits per heavy atom. The topological polar surface area (TPSA) is 189 Å². The van der Waals surface area contributed by atoms with Crippen LogP contribution >= 0.6 is 0 Å². The van der Waals surface area contributed by atoms with Gasteiger partial charge in [-0.1, -0.05) is 6.07 Å². The van der Waals surface area contributed by atoms with E-state index in [2.05, 4.69) is 34.4 Å². The predicted octanol–water partition coefficient (Wildman–Crippen LogP) is 16.7. The maximum Gasteiger partial charge on any atom is 0.456 e. The van der Waals surface area contributed by atoms with Crippen molar-refractivity contribution in [1.29, 1.82) is 0 Å². The number of likely N-dealkylation sites (N-methyl/N-ethyl adjacent to an activating group) is 4. The molecule has 0 radical (unpaired) electrons. The third kappa shape index (κ3) is 19.1. The fraction of sp³-hybridized carbons (Fsp3) is 0.546. The number of aryl methyl sites for hydroxylation is 1. The normalized spacial score (nSPS) is 19.9. The van der Waals surface area contributed by atoms with Crippen molar-refractivity contribution < 1.29 is 92.7 Å². The molecule has 3 aromatic carbocycles. The number of hydrogen-bond donors (Lipinski definition) is 1. The summed E-state index contributed by atoms with van der Waals surface area (Å²) in [5.41, 5.74) is 3.82. The van der Waals surface area contributed by atoms with Crippen LogP contribution in [0.25, 0.3) is 0 Å². The first-order chi connectivity index (χ1) is 62.7. The van der Waals surface area contributed by atoms with Crippen LogP contribution in [0.1, 0.15) is 215 Å². The molecule has 5 aromatic heterocycles. The second kappa shape index (κ2) is 38.6. The minimum Gasteiger partial charge on any atom is -0.493 e. The number of aliphatic hydroxyl groups excluding tert-OH is 1. The molecule has 8 aromatic rings. The van der Waals surface area contributed by atoms with Crippen LogP contribution in [0.3, 0.4) is 0 Å². The van der Waals surface area contributed by atoms with Crippen LogP contribution in [-0.2, 0) is 73.5 Å². The van der Waals surface area contributed by atoms with E-state index in [9.17, 15) is 81.8 Å². The molecule has 0 bridgehead atoms. The number of alkyl halides is 12. The molecule has 23 nitrogen and oxygen atoms in total. The highest BCUT2D eigenvalue weighted by Crippen LogP contribution is 2.50. The van der Waals surface area contributed by atoms with E-state index < -0.39 is 69.7 Å². The summed E-state index contributed by atoms with van der Waals surface area (Å²) in [5, 5.41) is 9.47. The number of ketones is 1. The van der Waals surface area contributed by atoms with E-state index in [4.69, 9.17) is 9.47 Å². The van der Waals surface area contributed by atoms with Crippen LogP contribution < -0.4 is 19.3 Å². The fourth-order valence-corrected chi connectivity index (χ4v) is 21.9. The van der Waals surface area contributed by atoms with Gasteiger partial charge in [0.25, 0.3) is 29.4 Å². The molecule has 4 amide bonds. The van der Waals surface area contributed by atoms with Crippen LogP contribution in [0.4, 0.5) is 64.2 Å². The molecular formula is C97H121F12N15O8. The highest BCUT2D eigenvalue weighted by molar-refractivity contribution is 5.99. The second-order valence-electron chi connectivity index (χ2n) is 36.9. The molecule has 716 valence electrons. The number of aliphatic hydroxyl groups is 1. The van der Waals surface area contributed by atoms with Gasteiger partial charge in [-0.05, 0) is 267 Å². The molecule has 18 rings (SSSR count). The number of rotatable bonds is 12. The Morgan fingerprint density at radius 2 is 0.758 bits per heavy atom. The van der Waals surface area contributed by atoms with Gasteiger partial charge in [-0.2, -0.15) is 52.7 Å². The van der Waals surface area contributed by atoms with Gasteiger partial charge in [-0.3, -0.25) is 43.6 Å². The molecule has 0 saturated carbocycles. The van der Waals surface area contributed by atoms with Crippen LogP contribution in [0, 0.1) is 6.92 Å². The molecule has 1 N–H and O–H groups in total. The van der Waals surface area contributed by atoms with Gasteiger partial charge >= 0.3 is 24.7 Å². The molecular weight excluding hydrogens is 1730 g/mol. The molecule has 0 unspecified atom stereocenters. The second-order valence-corrected chi connectivity index (χ2v) is 36.9. The van der Waals surface area contributed by atoms with Crippen LogP contribution in [0.5, 0.6) is 11.5 Å². The van der Waals surface area contributed by atoms with Crippen molar-refractivity contribution in [3.05, 3.63) is 206 Å². The Labute approximate surface area is 763 Å². The third-order valence-corrected chi connectivity index (χ3v) is 29.3. The lowest BCUT2D eigenvalue weighted by atomic mass is 9.81. The Morgan fingerprint density at radius 3 is 1.14 bits per heavy atom. The number of likely N-dealkylation sites (tertiary alicyclic amines) is 4. The van der Waals surface area contributed by atoms with E-state index in [1.165, 1.54) is 68.2 Å². The summed E-state index contributed by atoms with van der Waals surface area (Å²) in [6.07, 6.45) is -4.35. The van der Waals surface area contributed by atoms with Crippen molar-refractivity contribution in [2.24, 2.45) is 0 Å². The fourth-order valence-electron chi connectivity index (χ4n) is 21.9. The maximum absolute atomic E-state index is 13.5. The largest absolute Gasteiger partial charge is 0.493 e. The number of halogens is 12. The minimum absolute atomic E-state index is 0. The van der Waals surface area contributed by atoms with Crippen LogP contribution in [0.15, 0.2) is 128 Å². The molecule has 4 spiro atoms. The van der Waals surface area contributed by atoms with Gasteiger partial charge < -0.3 is 62.2 Å². The smallest absolute Gasteiger partial charge is 0.456 e. The van der Waals surface area contributed by atoms with Gasteiger partial charge in [0, 0.05) is 195 Å². The van der Waals surface area contributed by atoms with Crippen molar-refractivity contribution in [2.45, 2.75) is 203 Å². The number of pyridine rings is 1. The SMILES string of the molecule is CCOc1cc(C(=O)N2CCC3(CC2)c2ccc(C(F)(F)F)n2CCN3C)ccc1CO.CN1CCn2c(C(=O)C(F)(F)F)ccc2C12CCN(C(=O)c1ccc(N3CCCCC3)cc1)CC2.CN1CCn2c(C(F)(F)F)ccc2C12CCN(C(=O)c1ccnc(N3CCCCC3)c1)CC2.Cc1cc(C(=O)N2CCC3(CC2)c2ccc(C(F)(F)F)n2CCN3C)ccc1OC(C)C.[HH]. The van der Waals surface area contributed by atoms with E-state index in [-0.39, 0.29) is 43.5 Å². The zero-order valence-corrected chi connectivity index (χ0v) is 76.2. The molecule has 10 aliphatic heterocycles. The Balaban J connectivity index is 0.000000142. The number of aromatic nitrogens is 5. The number of Topliss-reactive ketones (excluding diaryl/α,β-unsaturated/α-hetero) is 1. The zero-order valence-electron chi connectivity index (χ0n) is 76.2. The standard InChI is InChI=1S/C26H31F3N4O2.C24H30F3N5O.C24H30F3N3O2.C23H28F3N3O3.H2/c1-30-17-18-33-21(23(34)26(27,28)29)9-10-22(33)25(30)11-15-32(16-12-25)24(35)19-5-7-20(8-6-19)31-13-3-2-4-14-31;1-29-15-16-32-19(5-6-20(32)24(25,26)27)23(29)8-13-31(14-9-23)22(33)18-7-10-28-21(17-18)30-11-3-2-4-12-30;1-16(2)32-19-6-5-18(15-17(19)3)22(31)29-11-9-23(10-12-29)20-7-8-21(24(25,26)27)30(20)14-13-28(23)4;1-3-32-18-14-16(4-5-17(18)15-30)21(31)28-10-8-22(9-11-28)19-6-7-20(23(24,25)26)29(19)13-12-27(22)2;/h5-10H,2-4,11-18H2,1H3;5-7,10,17H,2-4,8-9,11-16H2,1H3;5-8,15-16H,9-14H2,1-4H3;4-7,14,30H,3,8-13,15H2,1-2H3;1H. The number of amides is 4. The Hall–Kier alpha value is -10.4. The van der Waals surface area contributed by atoms with Crippen molar-refractivity contribution in [2.75, 3.05) is 149 Å². The van der Waals surface area contributed by atoms with E-state index in [1.807, 2.05) is 113 Å². The van der Waals surface area contributed by atoms with Crippen molar-refractivity contribution >= 4 is 40.9 Å². The van der Waals surface area contributed by atoms with Gasteiger partial charge in [-0.15, -0.1) is 0 Å². The summed E-state index contributed by atoms with van der Waals surface area (Å²) in [7, 11) is 7.87. The van der Waals surface area contributed by atoms with Crippen molar-refractivity contribution in [3.8, 4) is 11.5 Å². The predicted molar refractivity (Wildman–Crippen MR) is 476 cm³/mol. The summed E-state index contributed by atoms with van der Waals surface area (Å²) in [6.45, 7) is 19.3. The monoisotopic (exact) mass is 1850 g/mol. The average molecular weight is 1850 g/mol. The number of carbonyl (C=O) groups excluding carboxylic acids is 5. The summed E-state index contributed by atoms with van der Waals surface area (Å²) in [5.74, 6) is 0.0434. The van der Waals surface area contributed by atoms with Gasteiger partial charge in [0.15, 0.2) is 0 Å². The van der Waals surface area contributed by atoms with Crippen molar-refractivity contribution in [3.63, 3.8) is 0 Å². The van der Waals surface area contributed by atoms with E-state index in [0.29, 0.717) is 213 Å². The van der Waals surface area contributed by atoms with Crippen LogP contribution in [-0.4, -0.2) is 249 Å². The number of nitrogens with zero attached hydrogens (tertiary/aromatic N) is 15. The Kier molecular flexibility index (Phi) is 28.1. The molecule has 0 aliphatic carbocycles. The van der Waals surface area contributed by atoms with Gasteiger partial charge in [0.2, 0.25) is 0 Å². The van der Waals surface area contributed by atoms with Gasteiger partial charge in [-0.25, -0.2) is 4.98 Å².